The maximum atomic E-state index is 10.9. The zero-order valence-electron chi connectivity index (χ0n) is 7.34. The number of carbonyl (C=O) groups is 1. The van der Waals surface area contributed by atoms with Gasteiger partial charge >= 0.3 is 5.97 Å². The van der Waals surface area contributed by atoms with Gasteiger partial charge in [0.05, 0.1) is 13.2 Å². The van der Waals surface area contributed by atoms with E-state index in [2.05, 4.69) is 13.5 Å². The van der Waals surface area contributed by atoms with Crippen molar-refractivity contribution in [2.45, 2.75) is 25.4 Å². The van der Waals surface area contributed by atoms with Gasteiger partial charge in [-0.25, -0.2) is 4.79 Å². The minimum Gasteiger partial charge on any atom is -0.451 e. The van der Waals surface area contributed by atoms with Crippen LogP contribution in [0, 0.1) is 0 Å². The lowest BCUT2D eigenvalue weighted by molar-refractivity contribution is -0.211. The molecule has 1 rings (SSSR count). The van der Waals surface area contributed by atoms with Crippen molar-refractivity contribution in [3.63, 3.8) is 0 Å². The minimum atomic E-state index is -0.355. The summed E-state index contributed by atoms with van der Waals surface area (Å²) < 4.78 is 10.2. The zero-order valence-corrected chi connectivity index (χ0v) is 7.34. The number of hydrogen-bond acceptors (Lipinski definition) is 3. The molecule has 1 aliphatic rings. The predicted octanol–water partition coefficient (Wildman–Crippen LogP) is 1.28. The van der Waals surface area contributed by atoms with E-state index in [1.165, 1.54) is 6.08 Å². The molecule has 3 nitrogen and oxygen atoms in total. The van der Waals surface area contributed by atoms with Crippen molar-refractivity contribution in [2.75, 3.05) is 13.2 Å². The summed E-state index contributed by atoms with van der Waals surface area (Å²) in [5.41, 5.74) is -0.347. The molecule has 0 aromatic rings. The van der Waals surface area contributed by atoms with Gasteiger partial charge in [0.15, 0.2) is 5.60 Å². The van der Waals surface area contributed by atoms with Crippen LogP contribution in [0.2, 0.25) is 0 Å². The summed E-state index contributed by atoms with van der Waals surface area (Å²) in [5.74, 6) is -0.355. The van der Waals surface area contributed by atoms with E-state index in [1.807, 2.05) is 0 Å². The number of rotatable bonds is 4. The molecule has 0 unspecified atom stereocenters. The van der Waals surface area contributed by atoms with E-state index in [4.69, 9.17) is 9.47 Å². The maximum Gasteiger partial charge on any atom is 0.330 e. The molecule has 0 bridgehead atoms. The largest absolute Gasteiger partial charge is 0.451 e. The second-order valence-corrected chi connectivity index (χ2v) is 3.05. The first-order valence-electron chi connectivity index (χ1n) is 4.15. The first kappa shape index (κ1) is 9.26. The Morgan fingerprint density at radius 3 is 2.75 bits per heavy atom. The summed E-state index contributed by atoms with van der Waals surface area (Å²) >= 11 is 0. The molecule has 0 aromatic carbocycles. The van der Waals surface area contributed by atoms with E-state index in [-0.39, 0.29) is 11.6 Å². The van der Waals surface area contributed by atoms with Crippen molar-refractivity contribution in [1.82, 2.24) is 0 Å². The second-order valence-electron chi connectivity index (χ2n) is 3.05. The van der Waals surface area contributed by atoms with Crippen LogP contribution in [0.15, 0.2) is 12.7 Å². The lowest BCUT2D eigenvalue weighted by atomic mass is 9.96. The Hall–Kier alpha value is -0.830. The highest BCUT2D eigenvalue weighted by atomic mass is 16.6. The second kappa shape index (κ2) is 3.72. The Morgan fingerprint density at radius 2 is 2.42 bits per heavy atom. The highest BCUT2D eigenvalue weighted by Crippen LogP contribution is 2.27. The fourth-order valence-corrected chi connectivity index (χ4v) is 1.29. The van der Waals surface area contributed by atoms with Gasteiger partial charge in [-0.3, -0.25) is 0 Å². The van der Waals surface area contributed by atoms with Crippen molar-refractivity contribution >= 4 is 5.97 Å². The molecule has 0 amide bonds. The third kappa shape index (κ3) is 1.85. The fraction of sp³-hybridized carbons (Fsp3) is 0.667. The topological polar surface area (TPSA) is 35.5 Å². The SMILES string of the molecule is C=CC(=O)OC1(CCC)COC1. The van der Waals surface area contributed by atoms with E-state index in [0.717, 1.165) is 12.8 Å². The van der Waals surface area contributed by atoms with Crippen LogP contribution in [0.1, 0.15) is 19.8 Å². The Kier molecular flexibility index (Phi) is 2.87. The van der Waals surface area contributed by atoms with Crippen molar-refractivity contribution in [1.29, 1.82) is 0 Å². The third-order valence-electron chi connectivity index (χ3n) is 1.92. The molecular weight excluding hydrogens is 156 g/mol. The summed E-state index contributed by atoms with van der Waals surface area (Å²) in [5, 5.41) is 0. The standard InChI is InChI=1S/C9H14O3/c1-3-5-9(6-11-7-9)12-8(10)4-2/h4H,2-3,5-7H2,1H3. The first-order valence-corrected chi connectivity index (χ1v) is 4.15. The number of esters is 1. The normalized spacial score (nSPS) is 19.4. The predicted molar refractivity (Wildman–Crippen MR) is 44.7 cm³/mol. The summed E-state index contributed by atoms with van der Waals surface area (Å²) in [6, 6.07) is 0. The molecule has 0 radical (unpaired) electrons. The average Bonchev–Trinajstić information content (AvgIpc) is 2.00. The van der Waals surface area contributed by atoms with Crippen molar-refractivity contribution in [2.24, 2.45) is 0 Å². The van der Waals surface area contributed by atoms with Gasteiger partial charge in [-0.15, -0.1) is 0 Å². The molecule has 0 saturated carbocycles. The van der Waals surface area contributed by atoms with E-state index < -0.39 is 0 Å². The summed E-state index contributed by atoms with van der Waals surface area (Å²) in [7, 11) is 0. The minimum absolute atomic E-state index is 0.347. The number of hydrogen-bond donors (Lipinski definition) is 0. The van der Waals surface area contributed by atoms with Gasteiger partial charge in [-0.05, 0) is 6.42 Å². The molecule has 0 atom stereocenters. The van der Waals surface area contributed by atoms with Crippen LogP contribution in [-0.4, -0.2) is 24.8 Å². The van der Waals surface area contributed by atoms with Crippen LogP contribution in [0.5, 0.6) is 0 Å². The Labute approximate surface area is 72.4 Å². The van der Waals surface area contributed by atoms with Crippen LogP contribution < -0.4 is 0 Å². The van der Waals surface area contributed by atoms with Gasteiger partial charge in [0.2, 0.25) is 0 Å². The van der Waals surface area contributed by atoms with Crippen LogP contribution in [0.25, 0.3) is 0 Å². The zero-order chi connectivity index (χ0) is 9.03. The first-order chi connectivity index (χ1) is 5.72. The Morgan fingerprint density at radius 1 is 1.75 bits per heavy atom. The highest BCUT2D eigenvalue weighted by Gasteiger charge is 2.41. The van der Waals surface area contributed by atoms with Crippen LogP contribution in [0.4, 0.5) is 0 Å². The maximum absolute atomic E-state index is 10.9. The van der Waals surface area contributed by atoms with E-state index in [1.54, 1.807) is 0 Å². The summed E-state index contributed by atoms with van der Waals surface area (Å²) in [4.78, 5) is 10.9. The van der Waals surface area contributed by atoms with Gasteiger partial charge in [-0.2, -0.15) is 0 Å². The molecule has 0 spiro atoms. The molecule has 3 heteroatoms. The van der Waals surface area contributed by atoms with E-state index >= 15 is 0 Å². The lowest BCUT2D eigenvalue weighted by Crippen LogP contribution is -2.52. The van der Waals surface area contributed by atoms with Crippen LogP contribution in [0.3, 0.4) is 0 Å². The molecule has 1 heterocycles. The average molecular weight is 170 g/mol. The van der Waals surface area contributed by atoms with Gasteiger partial charge < -0.3 is 9.47 Å². The lowest BCUT2D eigenvalue weighted by Gasteiger charge is -2.40. The highest BCUT2D eigenvalue weighted by molar-refractivity contribution is 5.81. The molecule has 0 N–H and O–H groups in total. The third-order valence-corrected chi connectivity index (χ3v) is 1.92. The summed E-state index contributed by atoms with van der Waals surface area (Å²) in [6.45, 7) is 6.46. The molecule has 12 heavy (non-hydrogen) atoms. The molecule has 68 valence electrons. The van der Waals surface area contributed by atoms with Gasteiger partial charge in [0.25, 0.3) is 0 Å². The van der Waals surface area contributed by atoms with E-state index in [0.29, 0.717) is 13.2 Å². The van der Waals surface area contributed by atoms with Crippen molar-refractivity contribution < 1.29 is 14.3 Å². The van der Waals surface area contributed by atoms with Crippen LogP contribution >= 0.6 is 0 Å². The number of ether oxygens (including phenoxy) is 2. The molecule has 0 aromatic heterocycles. The van der Waals surface area contributed by atoms with Crippen molar-refractivity contribution in [3.05, 3.63) is 12.7 Å². The number of carbonyl (C=O) groups excluding carboxylic acids is 1. The Balaban J connectivity index is 2.44. The molecule has 0 aliphatic carbocycles. The molecule has 1 saturated heterocycles. The fourth-order valence-electron chi connectivity index (χ4n) is 1.29. The molecular formula is C9H14O3. The monoisotopic (exact) mass is 170 g/mol. The van der Waals surface area contributed by atoms with E-state index in [9.17, 15) is 4.79 Å². The molecule has 1 aliphatic heterocycles. The summed E-state index contributed by atoms with van der Waals surface area (Å²) in [6.07, 6.45) is 3.05. The Bertz CT molecular complexity index is 182. The van der Waals surface area contributed by atoms with Crippen molar-refractivity contribution in [3.8, 4) is 0 Å². The van der Waals surface area contributed by atoms with Gasteiger partial charge in [-0.1, -0.05) is 19.9 Å². The quantitative estimate of drug-likeness (QED) is 0.471. The molecule has 1 fully saturated rings. The van der Waals surface area contributed by atoms with Crippen LogP contribution in [-0.2, 0) is 14.3 Å². The van der Waals surface area contributed by atoms with Gasteiger partial charge in [0.1, 0.15) is 0 Å². The van der Waals surface area contributed by atoms with Gasteiger partial charge in [0, 0.05) is 6.08 Å². The smallest absolute Gasteiger partial charge is 0.330 e.